The van der Waals surface area contributed by atoms with E-state index >= 15 is 0 Å². The Bertz CT molecular complexity index is 838. The highest BCUT2D eigenvalue weighted by Gasteiger charge is 2.13. The minimum absolute atomic E-state index is 0.165. The Kier molecular flexibility index (Phi) is 3.27. The second kappa shape index (κ2) is 5.23. The van der Waals surface area contributed by atoms with Crippen LogP contribution in [-0.4, -0.2) is 32.0 Å². The van der Waals surface area contributed by atoms with Crippen LogP contribution in [0.25, 0.3) is 22.6 Å². The fourth-order valence-electron chi connectivity index (χ4n) is 1.95. The summed E-state index contributed by atoms with van der Waals surface area (Å²) in [5, 5.41) is 9.96. The molecule has 108 valence electrons. The first-order valence-corrected chi connectivity index (χ1v) is 6.52. The van der Waals surface area contributed by atoms with Crippen LogP contribution >= 0.6 is 0 Å². The van der Waals surface area contributed by atoms with Gasteiger partial charge in [-0.2, -0.15) is 5.21 Å². The summed E-state index contributed by atoms with van der Waals surface area (Å²) in [6.07, 6.45) is 0.871. The van der Waals surface area contributed by atoms with Gasteiger partial charge in [0.15, 0.2) is 5.52 Å². The number of nitrogen functional groups attached to an aromatic ring is 1. The minimum atomic E-state index is -0.368. The number of nitrogens with two attached hydrogens (primary N) is 1. The highest BCUT2D eigenvalue weighted by Crippen LogP contribution is 2.29. The molecule has 0 fully saturated rings. The molecule has 2 aromatic heterocycles. The van der Waals surface area contributed by atoms with E-state index < -0.39 is 0 Å². The van der Waals surface area contributed by atoms with Gasteiger partial charge < -0.3 is 15.5 Å². The van der Waals surface area contributed by atoms with E-state index in [4.69, 9.17) is 10.5 Å². The van der Waals surface area contributed by atoms with Gasteiger partial charge in [-0.1, -0.05) is 6.92 Å². The third-order valence-electron chi connectivity index (χ3n) is 2.91. The van der Waals surface area contributed by atoms with Gasteiger partial charge in [-0.05, 0) is 24.6 Å². The van der Waals surface area contributed by atoms with Crippen molar-refractivity contribution in [1.29, 1.82) is 0 Å². The summed E-state index contributed by atoms with van der Waals surface area (Å²) in [5.74, 6) is 0.955. The number of ether oxygens (including phenoxy) is 1. The molecular weight excluding hydrogens is 272 g/mol. The van der Waals surface area contributed by atoms with Gasteiger partial charge in [0.1, 0.15) is 11.6 Å². The average Bonchev–Trinajstić information content (AvgIpc) is 2.95. The predicted molar refractivity (Wildman–Crippen MR) is 77.9 cm³/mol. The zero-order chi connectivity index (χ0) is 14.8. The Morgan fingerprint density at radius 3 is 3.00 bits per heavy atom. The highest BCUT2D eigenvalue weighted by molar-refractivity contribution is 5.74. The van der Waals surface area contributed by atoms with Gasteiger partial charge in [-0.3, -0.25) is 4.79 Å². The third kappa shape index (κ3) is 2.42. The van der Waals surface area contributed by atoms with Crippen molar-refractivity contribution in [1.82, 2.24) is 25.4 Å². The van der Waals surface area contributed by atoms with Crippen LogP contribution in [0.15, 0.2) is 23.0 Å². The third-order valence-corrected chi connectivity index (χ3v) is 2.91. The number of aromatic amines is 2. The van der Waals surface area contributed by atoms with Crippen molar-refractivity contribution in [2.45, 2.75) is 13.3 Å². The number of fused-ring (bicyclic) bond motifs is 1. The second-order valence-corrected chi connectivity index (χ2v) is 4.51. The van der Waals surface area contributed by atoms with Crippen LogP contribution in [0.4, 0.5) is 5.69 Å². The summed E-state index contributed by atoms with van der Waals surface area (Å²) in [6, 6.07) is 5.20. The lowest BCUT2D eigenvalue weighted by atomic mass is 10.1. The van der Waals surface area contributed by atoms with Gasteiger partial charge in [0.25, 0.3) is 5.56 Å². The number of anilines is 1. The molecule has 1 aromatic carbocycles. The fraction of sp³-hybridized carbons (Fsp3) is 0.231. The number of nitrogens with one attached hydrogen (secondary N) is 2. The summed E-state index contributed by atoms with van der Waals surface area (Å²) in [6.45, 7) is 2.58. The number of benzene rings is 1. The van der Waals surface area contributed by atoms with Gasteiger partial charge in [-0.15, -0.1) is 10.2 Å². The molecule has 0 radical (unpaired) electrons. The van der Waals surface area contributed by atoms with E-state index in [1.165, 1.54) is 0 Å². The van der Waals surface area contributed by atoms with Gasteiger partial charge in [-0.25, -0.2) is 4.98 Å². The molecule has 8 nitrogen and oxygen atoms in total. The highest BCUT2D eigenvalue weighted by atomic mass is 16.5. The van der Waals surface area contributed by atoms with E-state index in [9.17, 15) is 4.79 Å². The van der Waals surface area contributed by atoms with Crippen molar-refractivity contribution in [3.63, 3.8) is 0 Å². The summed E-state index contributed by atoms with van der Waals surface area (Å²) in [7, 11) is 0. The molecule has 4 N–H and O–H groups in total. The molecule has 0 saturated heterocycles. The minimum Gasteiger partial charge on any atom is -0.493 e. The molecule has 0 unspecified atom stereocenters. The molecular formula is C13H14N6O2. The Labute approximate surface area is 119 Å². The monoisotopic (exact) mass is 286 g/mol. The van der Waals surface area contributed by atoms with Crippen LogP contribution in [0.2, 0.25) is 0 Å². The maximum Gasteiger partial charge on any atom is 0.281 e. The largest absolute Gasteiger partial charge is 0.493 e. The number of aromatic nitrogens is 5. The van der Waals surface area contributed by atoms with Crippen molar-refractivity contribution in [3.05, 3.63) is 28.6 Å². The smallest absolute Gasteiger partial charge is 0.281 e. The lowest BCUT2D eigenvalue weighted by molar-refractivity contribution is 0.318. The summed E-state index contributed by atoms with van der Waals surface area (Å²) in [5.41, 5.74) is 7.03. The van der Waals surface area contributed by atoms with Gasteiger partial charge in [0.2, 0.25) is 5.65 Å². The van der Waals surface area contributed by atoms with E-state index in [1.54, 1.807) is 18.2 Å². The van der Waals surface area contributed by atoms with Crippen LogP contribution in [0.5, 0.6) is 5.75 Å². The first-order chi connectivity index (χ1) is 10.2. The topological polar surface area (TPSA) is 123 Å². The normalized spacial score (nSPS) is 10.9. The number of hydrogen-bond donors (Lipinski definition) is 3. The zero-order valence-electron chi connectivity index (χ0n) is 11.4. The molecule has 0 aliphatic rings. The zero-order valence-corrected chi connectivity index (χ0v) is 11.4. The Morgan fingerprint density at radius 2 is 2.19 bits per heavy atom. The van der Waals surface area contributed by atoms with Crippen molar-refractivity contribution < 1.29 is 4.74 Å². The fourth-order valence-corrected chi connectivity index (χ4v) is 1.95. The molecule has 0 aliphatic carbocycles. The molecule has 0 aliphatic heterocycles. The van der Waals surface area contributed by atoms with E-state index in [0.29, 0.717) is 29.4 Å². The standard InChI is InChI=1S/C13H14N6O2/c1-2-5-21-9-4-3-7(14)6-8(9)11-15-12-10(13(20)16-11)17-19-18-12/h3-4,6H,2,5,14H2,1H3,(H2,15,16,17,18,19,20). The first kappa shape index (κ1) is 13.1. The molecule has 0 atom stereocenters. The molecule has 3 aromatic rings. The van der Waals surface area contributed by atoms with Crippen LogP contribution in [0.1, 0.15) is 13.3 Å². The predicted octanol–water partition coefficient (Wildman–Crippen LogP) is 1.08. The molecule has 2 heterocycles. The van der Waals surface area contributed by atoms with Crippen LogP contribution < -0.4 is 16.0 Å². The van der Waals surface area contributed by atoms with E-state index in [0.717, 1.165) is 6.42 Å². The molecule has 0 saturated carbocycles. The average molecular weight is 286 g/mol. The number of H-pyrrole nitrogens is 2. The molecule has 3 rings (SSSR count). The molecule has 0 spiro atoms. The van der Waals surface area contributed by atoms with Crippen molar-refractivity contribution in [2.24, 2.45) is 0 Å². The molecule has 21 heavy (non-hydrogen) atoms. The van der Waals surface area contributed by atoms with E-state index in [2.05, 4.69) is 25.4 Å². The second-order valence-electron chi connectivity index (χ2n) is 4.51. The lowest BCUT2D eigenvalue weighted by Gasteiger charge is -2.11. The first-order valence-electron chi connectivity index (χ1n) is 6.52. The Morgan fingerprint density at radius 1 is 1.33 bits per heavy atom. The van der Waals surface area contributed by atoms with Crippen molar-refractivity contribution >= 4 is 16.9 Å². The SMILES string of the molecule is CCCOc1ccc(N)cc1-c1nc2n[nH]nc2c(=O)[nH]1. The van der Waals surface area contributed by atoms with Crippen molar-refractivity contribution in [2.75, 3.05) is 12.3 Å². The Balaban J connectivity index is 2.16. The maximum absolute atomic E-state index is 12.0. The van der Waals surface area contributed by atoms with Crippen LogP contribution in [0, 0.1) is 0 Å². The van der Waals surface area contributed by atoms with Gasteiger partial charge >= 0.3 is 0 Å². The van der Waals surface area contributed by atoms with E-state index in [1.807, 2.05) is 6.92 Å². The van der Waals surface area contributed by atoms with Crippen LogP contribution in [0.3, 0.4) is 0 Å². The Hall–Kier alpha value is -2.90. The summed E-state index contributed by atoms with van der Waals surface area (Å²) in [4.78, 5) is 18.9. The number of rotatable bonds is 4. The van der Waals surface area contributed by atoms with Crippen molar-refractivity contribution in [3.8, 4) is 17.1 Å². The number of nitrogens with zero attached hydrogens (tertiary/aromatic N) is 3. The number of hydrogen-bond acceptors (Lipinski definition) is 6. The van der Waals surface area contributed by atoms with Gasteiger partial charge in [0, 0.05) is 5.69 Å². The maximum atomic E-state index is 12.0. The molecule has 8 heteroatoms. The van der Waals surface area contributed by atoms with Gasteiger partial charge in [0.05, 0.1) is 12.2 Å². The van der Waals surface area contributed by atoms with Crippen LogP contribution in [-0.2, 0) is 0 Å². The molecule has 0 bridgehead atoms. The quantitative estimate of drug-likeness (QED) is 0.617. The molecule has 0 amide bonds. The summed E-state index contributed by atoms with van der Waals surface area (Å²) < 4.78 is 5.67. The summed E-state index contributed by atoms with van der Waals surface area (Å²) >= 11 is 0. The van der Waals surface area contributed by atoms with E-state index in [-0.39, 0.29) is 16.7 Å². The lowest BCUT2D eigenvalue weighted by Crippen LogP contribution is -2.10.